The lowest BCUT2D eigenvalue weighted by Gasteiger charge is -2.31. The van der Waals surface area contributed by atoms with E-state index in [4.69, 9.17) is 11.6 Å². The Morgan fingerprint density at radius 1 is 1.27 bits per heavy atom. The highest BCUT2D eigenvalue weighted by atomic mass is 35.5. The Bertz CT molecular complexity index is 1110. The highest BCUT2D eigenvalue weighted by molar-refractivity contribution is 6.30. The molecule has 0 aliphatic carbocycles. The molecule has 0 radical (unpaired) electrons. The zero-order chi connectivity index (χ0) is 21.3. The van der Waals surface area contributed by atoms with Crippen molar-refractivity contribution in [3.05, 3.63) is 65.1 Å². The third-order valence-electron chi connectivity index (χ3n) is 5.20. The summed E-state index contributed by atoms with van der Waals surface area (Å²) in [5, 5.41) is 10.6. The van der Waals surface area contributed by atoms with Crippen molar-refractivity contribution in [1.29, 1.82) is 0 Å². The van der Waals surface area contributed by atoms with Crippen LogP contribution in [0.1, 0.15) is 18.5 Å². The van der Waals surface area contributed by atoms with Crippen molar-refractivity contribution in [2.24, 2.45) is 5.92 Å². The lowest BCUT2D eigenvalue weighted by atomic mass is 9.95. The third-order valence-corrected chi connectivity index (χ3v) is 5.44. The number of anilines is 2. The monoisotopic (exact) mass is 426 g/mol. The maximum Gasteiger partial charge on any atom is 0.230 e. The third kappa shape index (κ3) is 4.07. The van der Waals surface area contributed by atoms with Gasteiger partial charge in [-0.1, -0.05) is 29.8 Å². The van der Waals surface area contributed by atoms with Crippen molar-refractivity contribution in [2.45, 2.75) is 19.8 Å². The molecule has 2 amide bonds. The molecule has 2 heterocycles. The van der Waals surface area contributed by atoms with E-state index in [1.54, 1.807) is 24.3 Å². The number of nitrogens with one attached hydrogen (secondary N) is 2. The second-order valence-electron chi connectivity index (χ2n) is 7.29. The Hall–Kier alpha value is -3.19. The smallest absolute Gasteiger partial charge is 0.230 e. The van der Waals surface area contributed by atoms with E-state index in [2.05, 4.69) is 15.5 Å². The predicted molar refractivity (Wildman–Crippen MR) is 114 cm³/mol. The number of hydrogen-bond donors (Lipinski definition) is 2. The number of hydrogen-bond acceptors (Lipinski definition) is 3. The quantitative estimate of drug-likeness (QED) is 0.642. The molecule has 1 saturated heterocycles. The predicted octanol–water partition coefficient (Wildman–Crippen LogP) is 4.56. The number of carbonyl (C=O) groups excluding carboxylic acids is 2. The maximum absolute atomic E-state index is 13.6. The fraction of sp³-hybridized carbons (Fsp3) is 0.227. The van der Waals surface area contributed by atoms with E-state index >= 15 is 0 Å². The largest absolute Gasteiger partial charge is 0.312 e. The van der Waals surface area contributed by atoms with E-state index in [-0.39, 0.29) is 24.8 Å². The molecule has 8 heteroatoms. The van der Waals surface area contributed by atoms with Gasteiger partial charge in [0.1, 0.15) is 5.82 Å². The lowest BCUT2D eigenvalue weighted by Crippen LogP contribution is -2.44. The van der Waals surface area contributed by atoms with Crippen molar-refractivity contribution in [1.82, 2.24) is 10.2 Å². The molecule has 30 heavy (non-hydrogen) atoms. The highest BCUT2D eigenvalue weighted by Gasteiger charge is 2.32. The van der Waals surface area contributed by atoms with Crippen LogP contribution in [-0.4, -0.2) is 28.6 Å². The summed E-state index contributed by atoms with van der Waals surface area (Å²) in [6.07, 6.45) is 0.641. The van der Waals surface area contributed by atoms with E-state index in [0.29, 0.717) is 22.9 Å². The summed E-state index contributed by atoms with van der Waals surface area (Å²) in [4.78, 5) is 26.8. The second-order valence-corrected chi connectivity index (χ2v) is 7.73. The SMILES string of the molecule is Cc1[nH]nc(NC(=O)C2CCC(=O)N(c3cccc(F)c3)C2)c1-c1cccc(Cl)c1. The zero-order valence-electron chi connectivity index (χ0n) is 16.3. The number of aromatic amines is 1. The van der Waals surface area contributed by atoms with Crippen LogP contribution in [0.5, 0.6) is 0 Å². The first-order valence-electron chi connectivity index (χ1n) is 9.60. The number of H-pyrrole nitrogens is 1. The average molecular weight is 427 g/mol. The minimum Gasteiger partial charge on any atom is -0.312 e. The van der Waals surface area contributed by atoms with Gasteiger partial charge in [0, 0.05) is 34.9 Å². The first kappa shape index (κ1) is 20.1. The summed E-state index contributed by atoms with van der Waals surface area (Å²) < 4.78 is 13.6. The number of carbonyl (C=O) groups is 2. The van der Waals surface area contributed by atoms with Gasteiger partial charge in [0.2, 0.25) is 11.8 Å². The number of rotatable bonds is 4. The molecule has 1 aliphatic rings. The van der Waals surface area contributed by atoms with Crippen molar-refractivity contribution in [2.75, 3.05) is 16.8 Å². The molecular weight excluding hydrogens is 407 g/mol. The first-order valence-corrected chi connectivity index (χ1v) is 9.98. The first-order chi connectivity index (χ1) is 14.4. The number of benzene rings is 2. The summed E-state index contributed by atoms with van der Waals surface area (Å²) in [6.45, 7) is 2.05. The minimum absolute atomic E-state index is 0.125. The number of halogens is 2. The van der Waals surface area contributed by atoms with Crippen LogP contribution in [0.3, 0.4) is 0 Å². The van der Waals surface area contributed by atoms with E-state index in [1.165, 1.54) is 17.0 Å². The standard InChI is InChI=1S/C22H20ClFN4O2/c1-13-20(14-4-2-5-16(23)10-14)21(27-26-13)25-22(30)15-8-9-19(29)28(12-15)18-7-3-6-17(24)11-18/h2-7,10-11,15H,8-9,12H2,1H3,(H2,25,26,27,30). The highest BCUT2D eigenvalue weighted by Crippen LogP contribution is 2.32. The number of aryl methyl sites for hydroxylation is 1. The normalized spacial score (nSPS) is 16.6. The van der Waals surface area contributed by atoms with Crippen LogP contribution in [0.15, 0.2) is 48.5 Å². The van der Waals surface area contributed by atoms with Crippen molar-refractivity contribution in [3.63, 3.8) is 0 Å². The molecule has 0 saturated carbocycles. The van der Waals surface area contributed by atoms with Gasteiger partial charge in [0.25, 0.3) is 0 Å². The number of nitrogens with zero attached hydrogens (tertiary/aromatic N) is 2. The van der Waals surface area contributed by atoms with Crippen molar-refractivity contribution in [3.8, 4) is 11.1 Å². The molecule has 1 fully saturated rings. The molecule has 1 atom stereocenters. The van der Waals surface area contributed by atoms with E-state index in [9.17, 15) is 14.0 Å². The summed E-state index contributed by atoms with van der Waals surface area (Å²) in [5.74, 6) is -0.812. The van der Waals surface area contributed by atoms with Crippen LogP contribution in [0.2, 0.25) is 5.02 Å². The molecule has 2 aromatic carbocycles. The zero-order valence-corrected chi connectivity index (χ0v) is 17.0. The van der Waals surface area contributed by atoms with Gasteiger partial charge in [-0.2, -0.15) is 5.10 Å². The van der Waals surface area contributed by atoms with Gasteiger partial charge < -0.3 is 10.2 Å². The van der Waals surface area contributed by atoms with Crippen LogP contribution in [0.4, 0.5) is 15.9 Å². The van der Waals surface area contributed by atoms with Crippen LogP contribution in [0.25, 0.3) is 11.1 Å². The molecule has 1 unspecified atom stereocenters. The summed E-state index contributed by atoms with van der Waals surface area (Å²) in [5.41, 5.74) is 2.85. The van der Waals surface area contributed by atoms with E-state index in [0.717, 1.165) is 16.8 Å². The van der Waals surface area contributed by atoms with E-state index in [1.807, 2.05) is 19.1 Å². The fourth-order valence-corrected chi connectivity index (χ4v) is 3.88. The molecule has 154 valence electrons. The maximum atomic E-state index is 13.6. The van der Waals surface area contributed by atoms with Gasteiger partial charge >= 0.3 is 0 Å². The number of piperidine rings is 1. The topological polar surface area (TPSA) is 78.1 Å². The molecule has 0 spiro atoms. The summed E-state index contributed by atoms with van der Waals surface area (Å²) in [7, 11) is 0. The molecular formula is C22H20ClFN4O2. The molecule has 1 aliphatic heterocycles. The van der Waals surface area contributed by atoms with Crippen LogP contribution in [-0.2, 0) is 9.59 Å². The average Bonchev–Trinajstić information content (AvgIpc) is 3.08. The van der Waals surface area contributed by atoms with Crippen LogP contribution >= 0.6 is 11.6 Å². The summed E-state index contributed by atoms with van der Waals surface area (Å²) >= 11 is 6.11. The Labute approximate surface area is 178 Å². The van der Waals surface area contributed by atoms with Gasteiger partial charge in [-0.3, -0.25) is 14.7 Å². The Morgan fingerprint density at radius 3 is 2.83 bits per heavy atom. The lowest BCUT2D eigenvalue weighted by molar-refractivity contribution is -0.124. The molecule has 2 N–H and O–H groups in total. The second kappa shape index (κ2) is 8.28. The Balaban J connectivity index is 1.54. The van der Waals surface area contributed by atoms with Crippen LogP contribution in [0, 0.1) is 18.7 Å². The molecule has 3 aromatic rings. The number of aromatic nitrogens is 2. The summed E-state index contributed by atoms with van der Waals surface area (Å²) in [6, 6.07) is 13.1. The van der Waals surface area contributed by atoms with Gasteiger partial charge in [-0.15, -0.1) is 0 Å². The molecule has 6 nitrogen and oxygen atoms in total. The van der Waals surface area contributed by atoms with Gasteiger partial charge in [-0.25, -0.2) is 4.39 Å². The fourth-order valence-electron chi connectivity index (χ4n) is 3.69. The van der Waals surface area contributed by atoms with Gasteiger partial charge in [-0.05, 0) is 49.2 Å². The van der Waals surface area contributed by atoms with E-state index < -0.39 is 11.7 Å². The number of amides is 2. The Morgan fingerprint density at radius 2 is 2.07 bits per heavy atom. The Kier molecular flexibility index (Phi) is 5.55. The van der Waals surface area contributed by atoms with Gasteiger partial charge in [0.05, 0.1) is 5.92 Å². The molecule has 1 aromatic heterocycles. The van der Waals surface area contributed by atoms with Crippen LogP contribution < -0.4 is 10.2 Å². The molecule has 4 rings (SSSR count). The van der Waals surface area contributed by atoms with Gasteiger partial charge in [0.15, 0.2) is 5.82 Å². The van der Waals surface area contributed by atoms with Crippen molar-refractivity contribution >= 4 is 34.9 Å². The van der Waals surface area contributed by atoms with Crippen molar-refractivity contribution < 1.29 is 14.0 Å². The minimum atomic E-state index is -0.435. The molecule has 0 bridgehead atoms.